The number of carbonyl (C=O) groups excluding carboxylic acids is 2. The van der Waals surface area contributed by atoms with Crippen LogP contribution in [0.1, 0.15) is 38.1 Å². The van der Waals surface area contributed by atoms with Gasteiger partial charge in [0.2, 0.25) is 5.91 Å². The summed E-state index contributed by atoms with van der Waals surface area (Å²) in [6, 6.07) is -1.10. The van der Waals surface area contributed by atoms with E-state index in [9.17, 15) is 18.0 Å². The standard InChI is InChI=1S/C12H18N4O5S/c1-12(2,3)21-11(18)15-6-8-7(9(15)10(13)17)5-14-16(8)22(4,19)20/h5,9H,6H2,1-4H3,(H2,13,17)/t9-/m1/s1. The van der Waals surface area contributed by atoms with Crippen LogP contribution < -0.4 is 5.73 Å². The predicted octanol–water partition coefficient (Wildman–Crippen LogP) is -0.0321. The summed E-state index contributed by atoms with van der Waals surface area (Å²) < 4.78 is 29.4. The SMILES string of the molecule is CC(C)(C)OC(=O)N1Cc2c(cnn2S(C)(=O)=O)[C@@H]1C(N)=O. The molecule has 10 heteroatoms. The third-order valence-corrected chi connectivity index (χ3v) is 3.95. The molecule has 1 aromatic heterocycles. The number of nitrogens with zero attached hydrogens (tertiary/aromatic N) is 3. The molecule has 1 aliphatic rings. The van der Waals surface area contributed by atoms with Crippen LogP contribution in [0.25, 0.3) is 0 Å². The molecule has 0 aromatic carbocycles. The van der Waals surface area contributed by atoms with Gasteiger partial charge < -0.3 is 10.5 Å². The summed E-state index contributed by atoms with van der Waals surface area (Å²) in [5.74, 6) is -0.780. The maximum Gasteiger partial charge on any atom is 0.411 e. The number of rotatable bonds is 2. The molecule has 2 amide bonds. The van der Waals surface area contributed by atoms with Crippen LogP contribution in [0.3, 0.4) is 0 Å². The second-order valence-corrected chi connectivity index (χ2v) is 7.88. The van der Waals surface area contributed by atoms with E-state index in [-0.39, 0.29) is 12.2 Å². The van der Waals surface area contributed by atoms with Crippen LogP contribution in [0, 0.1) is 0 Å². The molecule has 22 heavy (non-hydrogen) atoms. The Morgan fingerprint density at radius 2 is 2.00 bits per heavy atom. The fourth-order valence-corrected chi connectivity index (χ4v) is 3.04. The summed E-state index contributed by atoms with van der Waals surface area (Å²) in [4.78, 5) is 25.0. The van der Waals surface area contributed by atoms with Crippen molar-refractivity contribution in [3.63, 3.8) is 0 Å². The first kappa shape index (κ1) is 16.3. The predicted molar refractivity (Wildman–Crippen MR) is 76.2 cm³/mol. The molecule has 2 N–H and O–H groups in total. The van der Waals surface area contributed by atoms with Crippen molar-refractivity contribution in [3.05, 3.63) is 17.5 Å². The van der Waals surface area contributed by atoms with Crippen LogP contribution in [-0.4, -0.2) is 46.4 Å². The first-order valence-corrected chi connectivity index (χ1v) is 8.33. The number of hydrogen-bond donors (Lipinski definition) is 1. The van der Waals surface area contributed by atoms with Crippen LogP contribution in [0.4, 0.5) is 4.79 Å². The van der Waals surface area contributed by atoms with Crippen molar-refractivity contribution in [2.24, 2.45) is 5.73 Å². The van der Waals surface area contributed by atoms with Gasteiger partial charge in [0.25, 0.3) is 10.0 Å². The van der Waals surface area contributed by atoms with E-state index >= 15 is 0 Å². The van der Waals surface area contributed by atoms with Crippen molar-refractivity contribution >= 4 is 22.0 Å². The number of hydrogen-bond acceptors (Lipinski definition) is 6. The highest BCUT2D eigenvalue weighted by atomic mass is 32.2. The first-order valence-electron chi connectivity index (χ1n) is 6.48. The molecule has 0 fully saturated rings. The van der Waals surface area contributed by atoms with Crippen molar-refractivity contribution in [1.29, 1.82) is 0 Å². The molecule has 0 spiro atoms. The molecule has 0 radical (unpaired) electrons. The molecule has 1 aromatic rings. The van der Waals surface area contributed by atoms with Crippen molar-refractivity contribution in [2.75, 3.05) is 6.26 Å². The van der Waals surface area contributed by atoms with Gasteiger partial charge >= 0.3 is 6.09 Å². The minimum Gasteiger partial charge on any atom is -0.444 e. The molecule has 9 nitrogen and oxygen atoms in total. The Balaban J connectivity index is 2.42. The summed E-state index contributed by atoms with van der Waals surface area (Å²) in [5.41, 5.74) is 5.12. The van der Waals surface area contributed by atoms with E-state index in [2.05, 4.69) is 5.10 Å². The lowest BCUT2D eigenvalue weighted by atomic mass is 10.1. The zero-order valence-corrected chi connectivity index (χ0v) is 13.5. The van der Waals surface area contributed by atoms with Crippen LogP contribution in [-0.2, 0) is 26.1 Å². The van der Waals surface area contributed by atoms with Gasteiger partial charge in [-0.3, -0.25) is 9.69 Å². The van der Waals surface area contributed by atoms with Gasteiger partial charge in [-0.25, -0.2) is 13.2 Å². The van der Waals surface area contributed by atoms with Gasteiger partial charge in [0.15, 0.2) is 0 Å². The highest BCUT2D eigenvalue weighted by Gasteiger charge is 2.43. The zero-order chi connectivity index (χ0) is 16.9. The van der Waals surface area contributed by atoms with E-state index < -0.39 is 33.7 Å². The van der Waals surface area contributed by atoms with Crippen LogP contribution >= 0.6 is 0 Å². The quantitative estimate of drug-likeness (QED) is 0.811. The molecule has 122 valence electrons. The second kappa shape index (κ2) is 4.97. The van der Waals surface area contributed by atoms with Gasteiger partial charge in [0, 0.05) is 5.56 Å². The first-order chi connectivity index (χ1) is 9.92. The Bertz CT molecular complexity index is 731. The third-order valence-electron chi connectivity index (χ3n) is 3.00. The lowest BCUT2D eigenvalue weighted by Gasteiger charge is -2.27. The lowest BCUT2D eigenvalue weighted by molar-refractivity contribution is -0.123. The Kier molecular flexibility index (Phi) is 3.68. The van der Waals surface area contributed by atoms with E-state index in [0.29, 0.717) is 5.56 Å². The largest absolute Gasteiger partial charge is 0.444 e. The molecule has 0 saturated carbocycles. The number of ether oxygens (including phenoxy) is 1. The number of primary amides is 1. The second-order valence-electron chi connectivity index (χ2n) is 6.07. The topological polar surface area (TPSA) is 125 Å². The maximum atomic E-state index is 12.2. The van der Waals surface area contributed by atoms with Gasteiger partial charge in [-0.2, -0.15) is 9.19 Å². The van der Waals surface area contributed by atoms with Crippen LogP contribution in [0.2, 0.25) is 0 Å². The Morgan fingerprint density at radius 3 is 2.45 bits per heavy atom. The molecule has 2 heterocycles. The minimum absolute atomic E-state index is 0.120. The van der Waals surface area contributed by atoms with Gasteiger partial charge in [0.05, 0.1) is 24.7 Å². The van der Waals surface area contributed by atoms with Crippen LogP contribution in [0.5, 0.6) is 0 Å². The maximum absolute atomic E-state index is 12.2. The van der Waals surface area contributed by atoms with Crippen LogP contribution in [0.15, 0.2) is 6.20 Å². The van der Waals surface area contributed by atoms with E-state index in [1.165, 1.54) is 6.20 Å². The van der Waals surface area contributed by atoms with Crippen molar-refractivity contribution in [2.45, 2.75) is 39.0 Å². The highest BCUT2D eigenvalue weighted by Crippen LogP contribution is 2.35. The molecule has 0 saturated heterocycles. The van der Waals surface area contributed by atoms with E-state index in [1.807, 2.05) is 0 Å². The van der Waals surface area contributed by atoms with E-state index in [1.54, 1.807) is 20.8 Å². The summed E-state index contributed by atoms with van der Waals surface area (Å²) in [5, 5.41) is 3.75. The number of amides is 2. The molecule has 2 rings (SSSR count). The summed E-state index contributed by atoms with van der Waals surface area (Å²) in [6.45, 7) is 4.94. The van der Waals surface area contributed by atoms with Gasteiger partial charge in [-0.05, 0) is 20.8 Å². The van der Waals surface area contributed by atoms with Gasteiger partial charge in [-0.15, -0.1) is 0 Å². The average molecular weight is 330 g/mol. The number of nitrogens with two attached hydrogens (primary N) is 1. The smallest absolute Gasteiger partial charge is 0.411 e. The van der Waals surface area contributed by atoms with Gasteiger partial charge in [0.1, 0.15) is 11.6 Å². The summed E-state index contributed by atoms with van der Waals surface area (Å²) >= 11 is 0. The molecule has 0 unspecified atom stereocenters. The molecule has 1 aliphatic heterocycles. The fourth-order valence-electron chi connectivity index (χ4n) is 2.25. The highest BCUT2D eigenvalue weighted by molar-refractivity contribution is 7.89. The number of aromatic nitrogens is 2. The fraction of sp³-hybridized carbons (Fsp3) is 0.583. The molecular weight excluding hydrogens is 312 g/mol. The van der Waals surface area contributed by atoms with Crippen molar-refractivity contribution in [3.8, 4) is 0 Å². The third kappa shape index (κ3) is 2.91. The summed E-state index contributed by atoms with van der Waals surface area (Å²) in [7, 11) is -3.64. The number of fused-ring (bicyclic) bond motifs is 1. The van der Waals surface area contributed by atoms with Crippen molar-refractivity contribution in [1.82, 2.24) is 14.1 Å². The minimum atomic E-state index is -3.64. The van der Waals surface area contributed by atoms with Gasteiger partial charge in [-0.1, -0.05) is 0 Å². The van der Waals surface area contributed by atoms with Crippen molar-refractivity contribution < 1.29 is 22.7 Å². The van der Waals surface area contributed by atoms with E-state index in [0.717, 1.165) is 15.2 Å². The molecular formula is C12H18N4O5S. The monoisotopic (exact) mass is 330 g/mol. The molecule has 0 bridgehead atoms. The molecule has 1 atom stereocenters. The molecule has 0 aliphatic carbocycles. The summed E-state index contributed by atoms with van der Waals surface area (Å²) in [6.07, 6.45) is 1.47. The Morgan fingerprint density at radius 1 is 1.41 bits per heavy atom. The number of carbonyl (C=O) groups is 2. The Labute approximate surface area is 128 Å². The normalized spacial score (nSPS) is 18.2. The zero-order valence-electron chi connectivity index (χ0n) is 12.7. The average Bonchev–Trinajstić information content (AvgIpc) is 2.80. The Hall–Kier alpha value is -2.10. The van der Waals surface area contributed by atoms with E-state index in [4.69, 9.17) is 10.5 Å². The lowest BCUT2D eigenvalue weighted by Crippen LogP contribution is -2.40.